The summed E-state index contributed by atoms with van der Waals surface area (Å²) >= 11 is 0. The Morgan fingerprint density at radius 1 is 1.29 bits per heavy atom. The normalized spacial score (nSPS) is 14.5. The molecule has 128 valence electrons. The lowest BCUT2D eigenvalue weighted by Gasteiger charge is -2.12. The second-order valence-electron chi connectivity index (χ2n) is 6.00. The Morgan fingerprint density at radius 2 is 2.12 bits per heavy atom. The third-order valence-corrected chi connectivity index (χ3v) is 4.37. The van der Waals surface area contributed by atoms with Gasteiger partial charge in [-0.3, -0.25) is 4.52 Å². The zero-order chi connectivity index (χ0) is 16.8. The van der Waals surface area contributed by atoms with Crippen LogP contribution in [0, 0.1) is 0 Å². The summed E-state index contributed by atoms with van der Waals surface area (Å²) in [5, 5.41) is 6.00. The fraction of sp³-hybridized carbons (Fsp3) is 0.444. The van der Waals surface area contributed by atoms with E-state index in [4.69, 9.17) is 9.26 Å². The van der Waals surface area contributed by atoms with Crippen LogP contribution in [0.25, 0.3) is 5.69 Å². The molecule has 0 aliphatic heterocycles. The van der Waals surface area contributed by atoms with Crippen LogP contribution in [-0.4, -0.2) is 18.9 Å². The van der Waals surface area contributed by atoms with E-state index in [9.17, 15) is 4.79 Å². The number of methoxy groups -OCH3 is 1. The molecule has 0 saturated carbocycles. The number of hydrogen-bond acceptors (Lipinski definition) is 4. The summed E-state index contributed by atoms with van der Waals surface area (Å²) in [7, 11) is 1.62. The van der Waals surface area contributed by atoms with Crippen LogP contribution in [0.5, 0.6) is 5.75 Å². The van der Waals surface area contributed by atoms with Gasteiger partial charge in [0.15, 0.2) is 0 Å². The molecule has 1 aromatic heterocycles. The lowest BCUT2D eigenvalue weighted by atomic mass is 9.97. The molecule has 1 heterocycles. The standard InChI is InChI=1S/C18H23N3O3/c1-23-16-9-7-15(8-10-16)21-17(18(22)24-20-21)13-19-12-11-14-5-3-2-4-6-14/h5,7-10,19H,2-4,6,11-13H2,1H3/p+1. The zero-order valence-corrected chi connectivity index (χ0v) is 14.0. The highest BCUT2D eigenvalue weighted by Gasteiger charge is 2.22. The summed E-state index contributed by atoms with van der Waals surface area (Å²) in [5.41, 5.74) is 2.55. The molecule has 0 spiro atoms. The van der Waals surface area contributed by atoms with Gasteiger partial charge in [0.05, 0.1) is 13.7 Å². The lowest BCUT2D eigenvalue weighted by Crippen LogP contribution is -2.40. The number of aromatic amines is 1. The Hall–Kier alpha value is -2.34. The molecule has 2 N–H and O–H groups in total. The monoisotopic (exact) mass is 330 g/mol. The first kappa shape index (κ1) is 16.5. The van der Waals surface area contributed by atoms with E-state index in [2.05, 4.69) is 16.7 Å². The summed E-state index contributed by atoms with van der Waals surface area (Å²) in [5.74, 6) is 0.769. The number of ether oxygens (including phenoxy) is 1. The highest BCUT2D eigenvalue weighted by atomic mass is 16.5. The van der Waals surface area contributed by atoms with Crippen molar-refractivity contribution in [1.82, 2.24) is 10.6 Å². The quantitative estimate of drug-likeness (QED) is 0.464. The van der Waals surface area contributed by atoms with Crippen molar-refractivity contribution in [2.45, 2.75) is 38.6 Å². The maximum absolute atomic E-state index is 11.9. The van der Waals surface area contributed by atoms with Crippen molar-refractivity contribution in [3.05, 3.63) is 52.0 Å². The van der Waals surface area contributed by atoms with Gasteiger partial charge >= 0.3 is 11.3 Å². The van der Waals surface area contributed by atoms with E-state index in [0.29, 0.717) is 12.2 Å². The maximum atomic E-state index is 11.9. The smallest absolute Gasteiger partial charge is 0.431 e. The summed E-state index contributed by atoms with van der Waals surface area (Å²) in [6, 6.07) is 7.45. The van der Waals surface area contributed by atoms with Crippen molar-refractivity contribution >= 4 is 0 Å². The van der Waals surface area contributed by atoms with Crippen molar-refractivity contribution in [3.63, 3.8) is 0 Å². The molecule has 6 nitrogen and oxygen atoms in total. The number of H-pyrrole nitrogens is 1. The molecule has 24 heavy (non-hydrogen) atoms. The molecule has 1 aromatic carbocycles. The third-order valence-electron chi connectivity index (χ3n) is 4.37. The lowest BCUT2D eigenvalue weighted by molar-refractivity contribution is -0.677. The van der Waals surface area contributed by atoms with Gasteiger partial charge in [-0.15, -0.1) is 0 Å². The van der Waals surface area contributed by atoms with Crippen LogP contribution in [-0.2, 0) is 6.54 Å². The van der Waals surface area contributed by atoms with Crippen LogP contribution in [0.3, 0.4) is 0 Å². The van der Waals surface area contributed by atoms with Crippen LogP contribution < -0.4 is 20.4 Å². The molecule has 1 aliphatic carbocycles. The molecule has 0 saturated heterocycles. The fourth-order valence-corrected chi connectivity index (χ4v) is 2.97. The van der Waals surface area contributed by atoms with Crippen molar-refractivity contribution < 1.29 is 13.9 Å². The van der Waals surface area contributed by atoms with Crippen molar-refractivity contribution in [2.75, 3.05) is 13.7 Å². The van der Waals surface area contributed by atoms with Gasteiger partial charge in [0.1, 0.15) is 5.75 Å². The van der Waals surface area contributed by atoms with Gasteiger partial charge in [-0.05, 0) is 60.7 Å². The topological polar surface area (TPSA) is 71.1 Å². The molecule has 0 fully saturated rings. The van der Waals surface area contributed by atoms with E-state index in [-0.39, 0.29) is 5.63 Å². The minimum absolute atomic E-state index is 0.352. The highest BCUT2D eigenvalue weighted by Crippen LogP contribution is 2.19. The van der Waals surface area contributed by atoms with Crippen molar-refractivity contribution in [3.8, 4) is 11.4 Å². The van der Waals surface area contributed by atoms with E-state index < -0.39 is 0 Å². The summed E-state index contributed by atoms with van der Waals surface area (Å²) in [6.45, 7) is 1.32. The number of nitrogens with zero attached hydrogens (tertiary/aromatic N) is 1. The predicted molar refractivity (Wildman–Crippen MR) is 90.3 cm³/mol. The van der Waals surface area contributed by atoms with E-state index in [1.54, 1.807) is 11.8 Å². The van der Waals surface area contributed by atoms with E-state index in [1.165, 1.54) is 31.3 Å². The second kappa shape index (κ2) is 7.97. The molecule has 0 bridgehead atoms. The maximum Gasteiger partial charge on any atom is 0.431 e. The first-order valence-corrected chi connectivity index (χ1v) is 8.43. The van der Waals surface area contributed by atoms with Gasteiger partial charge in [-0.25, -0.2) is 4.79 Å². The average Bonchev–Trinajstić information content (AvgIpc) is 3.00. The van der Waals surface area contributed by atoms with Gasteiger partial charge in [-0.1, -0.05) is 11.6 Å². The number of allylic oxidation sites excluding steroid dienone is 1. The molecular weight excluding hydrogens is 306 g/mol. The molecule has 6 heteroatoms. The second-order valence-corrected chi connectivity index (χ2v) is 6.00. The summed E-state index contributed by atoms with van der Waals surface area (Å²) in [6.07, 6.45) is 8.41. The predicted octanol–water partition coefficient (Wildman–Crippen LogP) is 2.23. The molecule has 0 atom stereocenters. The Bertz CT molecular complexity index is 744. The minimum Gasteiger partial charge on any atom is -0.497 e. The number of benzene rings is 1. The number of rotatable bonds is 7. The Labute approximate surface area is 141 Å². The molecule has 2 aromatic rings. The van der Waals surface area contributed by atoms with Crippen molar-refractivity contribution in [2.24, 2.45) is 0 Å². The van der Waals surface area contributed by atoms with Gasteiger partial charge in [0.2, 0.25) is 5.69 Å². The van der Waals surface area contributed by atoms with Crippen LogP contribution >= 0.6 is 0 Å². The van der Waals surface area contributed by atoms with Crippen LogP contribution in [0.2, 0.25) is 0 Å². The van der Waals surface area contributed by atoms with E-state index in [0.717, 1.165) is 24.4 Å². The van der Waals surface area contributed by atoms with Gasteiger partial charge in [0.25, 0.3) is 0 Å². The molecule has 1 aliphatic rings. The molecule has 3 rings (SSSR count). The molecule has 0 amide bonds. The molecule has 0 unspecified atom stereocenters. The molecule has 0 radical (unpaired) electrons. The SMILES string of the molecule is COc1ccc(-[n+]2[nH]oc(=O)c2CNCCC2=CCCCC2)cc1. The number of aromatic nitrogens is 2. The molecular formula is C18H24N3O3+. The minimum atomic E-state index is -0.352. The van der Waals surface area contributed by atoms with Crippen molar-refractivity contribution in [1.29, 1.82) is 0 Å². The number of nitrogens with one attached hydrogen (secondary N) is 2. The Morgan fingerprint density at radius 3 is 2.83 bits per heavy atom. The third kappa shape index (κ3) is 3.94. The van der Waals surface area contributed by atoms with Crippen LogP contribution in [0.1, 0.15) is 37.8 Å². The Kier molecular flexibility index (Phi) is 5.48. The Balaban J connectivity index is 1.62. The van der Waals surface area contributed by atoms with Gasteiger partial charge in [0, 0.05) is 12.1 Å². The van der Waals surface area contributed by atoms with Gasteiger partial charge < -0.3 is 10.1 Å². The van der Waals surface area contributed by atoms with E-state index >= 15 is 0 Å². The summed E-state index contributed by atoms with van der Waals surface area (Å²) in [4.78, 5) is 11.9. The number of hydrogen-bond donors (Lipinski definition) is 2. The van der Waals surface area contributed by atoms with E-state index in [1.807, 2.05) is 24.3 Å². The van der Waals surface area contributed by atoms with Crippen LogP contribution in [0.4, 0.5) is 0 Å². The first-order chi connectivity index (χ1) is 11.8. The fourth-order valence-electron chi connectivity index (χ4n) is 2.97. The first-order valence-electron chi connectivity index (χ1n) is 8.43. The average molecular weight is 330 g/mol. The zero-order valence-electron chi connectivity index (χ0n) is 14.0. The summed E-state index contributed by atoms with van der Waals surface area (Å²) < 4.78 is 11.8. The largest absolute Gasteiger partial charge is 0.497 e. The van der Waals surface area contributed by atoms with Gasteiger partial charge in [-0.2, -0.15) is 0 Å². The highest BCUT2D eigenvalue weighted by molar-refractivity contribution is 5.31. The van der Waals surface area contributed by atoms with Crippen LogP contribution in [0.15, 0.2) is 45.2 Å².